The highest BCUT2D eigenvalue weighted by atomic mass is 127. The van der Waals surface area contributed by atoms with Crippen molar-refractivity contribution in [3.05, 3.63) is 125 Å². The number of amides is 1. The zero-order valence-electron chi connectivity index (χ0n) is 20.0. The van der Waals surface area contributed by atoms with Crippen LogP contribution in [0.15, 0.2) is 101 Å². The van der Waals surface area contributed by atoms with E-state index in [2.05, 4.69) is 66.4 Å². The van der Waals surface area contributed by atoms with Crippen LogP contribution < -0.4 is 14.8 Å². The van der Waals surface area contributed by atoms with Gasteiger partial charge in [0.2, 0.25) is 0 Å². The van der Waals surface area contributed by atoms with Gasteiger partial charge >= 0.3 is 0 Å². The Morgan fingerprint density at radius 3 is 2.11 bits per heavy atom. The second-order valence-electron chi connectivity index (χ2n) is 8.15. The molecule has 0 fully saturated rings. The van der Waals surface area contributed by atoms with Crippen LogP contribution >= 0.6 is 61.1 Å². The molecule has 0 bridgehead atoms. The van der Waals surface area contributed by atoms with Crippen molar-refractivity contribution in [3.63, 3.8) is 0 Å². The number of nitrogens with one attached hydrogen (secondary N) is 1. The number of nitrogens with zero attached hydrogens (tertiary/aromatic N) is 1. The van der Waals surface area contributed by atoms with Crippen molar-refractivity contribution in [2.75, 3.05) is 5.32 Å². The molecule has 0 aromatic heterocycles. The average molecular weight is 791 g/mol. The first-order chi connectivity index (χ1) is 18.4. The smallest absolute Gasteiger partial charge is 0.266 e. The minimum Gasteiger partial charge on any atom is -0.489 e. The van der Waals surface area contributed by atoms with Gasteiger partial charge < -0.3 is 14.8 Å². The van der Waals surface area contributed by atoms with E-state index in [0.717, 1.165) is 34.1 Å². The van der Waals surface area contributed by atoms with Crippen molar-refractivity contribution in [2.24, 2.45) is 0 Å². The Morgan fingerprint density at radius 2 is 1.47 bits per heavy atom. The number of rotatable bonds is 9. The number of ether oxygens (including phenoxy) is 2. The van der Waals surface area contributed by atoms with Gasteiger partial charge in [-0.1, -0.05) is 58.4 Å². The molecule has 5 nitrogen and oxygen atoms in total. The molecule has 1 amide bonds. The molecule has 0 heterocycles. The number of hydrogen-bond acceptors (Lipinski definition) is 4. The van der Waals surface area contributed by atoms with E-state index in [0.29, 0.717) is 24.7 Å². The minimum atomic E-state index is -0.481. The lowest BCUT2D eigenvalue weighted by Crippen LogP contribution is -2.13. The predicted molar refractivity (Wildman–Crippen MR) is 170 cm³/mol. The summed E-state index contributed by atoms with van der Waals surface area (Å²) >= 11 is 7.85. The molecule has 0 atom stereocenters. The van der Waals surface area contributed by atoms with Crippen LogP contribution in [0.3, 0.4) is 0 Å². The molecule has 8 heteroatoms. The van der Waals surface area contributed by atoms with Crippen LogP contribution in [-0.4, -0.2) is 5.91 Å². The van der Waals surface area contributed by atoms with Crippen LogP contribution in [0.2, 0.25) is 0 Å². The van der Waals surface area contributed by atoms with Crippen molar-refractivity contribution < 1.29 is 14.3 Å². The van der Waals surface area contributed by atoms with Crippen LogP contribution in [0.5, 0.6) is 11.5 Å². The molecule has 190 valence electrons. The van der Waals surface area contributed by atoms with E-state index in [1.54, 1.807) is 30.3 Å². The summed E-state index contributed by atoms with van der Waals surface area (Å²) in [6.45, 7) is 0.899. The summed E-state index contributed by atoms with van der Waals surface area (Å²) in [5.41, 5.74) is 3.45. The highest BCUT2D eigenvalue weighted by Gasteiger charge is 2.13. The van der Waals surface area contributed by atoms with Crippen molar-refractivity contribution in [1.82, 2.24) is 0 Å². The fourth-order valence-electron chi connectivity index (χ4n) is 3.43. The maximum Gasteiger partial charge on any atom is 0.266 e. The Balaban J connectivity index is 1.39. The Hall–Kier alpha value is -2.88. The van der Waals surface area contributed by atoms with Gasteiger partial charge in [0.05, 0.1) is 7.14 Å². The van der Waals surface area contributed by atoms with Crippen LogP contribution in [0.25, 0.3) is 6.08 Å². The summed E-state index contributed by atoms with van der Waals surface area (Å²) < 4.78 is 14.6. The lowest BCUT2D eigenvalue weighted by atomic mass is 10.1. The van der Waals surface area contributed by atoms with Crippen LogP contribution in [0.1, 0.15) is 16.7 Å². The molecule has 4 aromatic rings. The normalized spacial score (nSPS) is 10.9. The fourth-order valence-corrected chi connectivity index (χ4v) is 5.82. The molecule has 0 aliphatic heterocycles. The molecular formula is C30H21BrI2N2O3. The van der Waals surface area contributed by atoms with Crippen LogP contribution in [0, 0.1) is 18.5 Å². The second-order valence-corrected chi connectivity index (χ2v) is 11.4. The summed E-state index contributed by atoms with van der Waals surface area (Å²) in [5.74, 6) is 0.976. The monoisotopic (exact) mass is 790 g/mol. The van der Waals surface area contributed by atoms with Crippen LogP contribution in [0.4, 0.5) is 5.69 Å². The third-order valence-corrected chi connectivity index (χ3v) is 7.48. The van der Waals surface area contributed by atoms with E-state index in [1.165, 1.54) is 0 Å². The summed E-state index contributed by atoms with van der Waals surface area (Å²) in [7, 11) is 0. The lowest BCUT2D eigenvalue weighted by molar-refractivity contribution is -0.112. The zero-order chi connectivity index (χ0) is 26.9. The third kappa shape index (κ3) is 8.06. The molecule has 4 aromatic carbocycles. The van der Waals surface area contributed by atoms with Crippen LogP contribution in [-0.2, 0) is 18.0 Å². The van der Waals surface area contributed by atoms with E-state index in [1.807, 2.05) is 72.8 Å². The molecule has 1 N–H and O–H groups in total. The van der Waals surface area contributed by atoms with Gasteiger partial charge in [-0.25, -0.2) is 0 Å². The Kier molecular flexibility index (Phi) is 10.2. The number of hydrogen-bond donors (Lipinski definition) is 1. The number of halogens is 3. The maximum absolute atomic E-state index is 12.8. The maximum atomic E-state index is 12.8. The standard InChI is InChI=1S/C30H21BrI2N2O3/c31-24-8-6-21(7-9-24)19-38-29-27(32)15-22(16-28(29)33)14-23(17-34)30(36)35-25-10-12-26(13-11-25)37-18-20-4-2-1-3-5-20/h1-16H,18-19H2,(H,35,36)/b23-14+. The quantitative estimate of drug-likeness (QED) is 0.105. The largest absolute Gasteiger partial charge is 0.489 e. The van der Waals surface area contributed by atoms with Crippen molar-refractivity contribution >= 4 is 78.8 Å². The Bertz CT molecular complexity index is 1460. The number of nitriles is 1. The first-order valence-electron chi connectivity index (χ1n) is 11.5. The number of carbonyl (C=O) groups excluding carboxylic acids is 1. The zero-order valence-corrected chi connectivity index (χ0v) is 25.9. The van der Waals surface area contributed by atoms with E-state index in [9.17, 15) is 10.1 Å². The van der Waals surface area contributed by atoms with Crippen molar-refractivity contribution in [3.8, 4) is 17.6 Å². The van der Waals surface area contributed by atoms with Gasteiger partial charge in [-0.2, -0.15) is 5.26 Å². The first-order valence-corrected chi connectivity index (χ1v) is 14.4. The number of anilines is 1. The highest BCUT2D eigenvalue weighted by molar-refractivity contribution is 14.1. The van der Waals surface area contributed by atoms with E-state index >= 15 is 0 Å². The molecule has 0 aliphatic rings. The van der Waals surface area contributed by atoms with Gasteiger partial charge in [0, 0.05) is 10.2 Å². The fraction of sp³-hybridized carbons (Fsp3) is 0.0667. The molecular weight excluding hydrogens is 770 g/mol. The van der Waals surface area contributed by atoms with Gasteiger partial charge in [-0.3, -0.25) is 4.79 Å². The van der Waals surface area contributed by atoms with Gasteiger partial charge in [0.25, 0.3) is 5.91 Å². The topological polar surface area (TPSA) is 71.3 Å². The first kappa shape index (κ1) is 28.1. The highest BCUT2D eigenvalue weighted by Crippen LogP contribution is 2.31. The predicted octanol–water partition coefficient (Wildman–Crippen LogP) is 8.36. The number of benzene rings is 4. The van der Waals surface area contributed by atoms with E-state index in [-0.39, 0.29) is 5.57 Å². The van der Waals surface area contributed by atoms with Gasteiger partial charge in [-0.15, -0.1) is 0 Å². The third-order valence-electron chi connectivity index (χ3n) is 5.35. The molecule has 0 aliphatic carbocycles. The average Bonchev–Trinajstić information content (AvgIpc) is 2.92. The Labute approximate surface area is 257 Å². The summed E-state index contributed by atoms with van der Waals surface area (Å²) in [6, 6.07) is 30.7. The van der Waals surface area contributed by atoms with Gasteiger partial charge in [0.15, 0.2) is 0 Å². The molecule has 0 unspecified atom stereocenters. The molecule has 0 spiro atoms. The van der Waals surface area contributed by atoms with E-state index < -0.39 is 5.91 Å². The summed E-state index contributed by atoms with van der Waals surface area (Å²) in [4.78, 5) is 12.8. The minimum absolute atomic E-state index is 0.00420. The summed E-state index contributed by atoms with van der Waals surface area (Å²) in [6.07, 6.45) is 1.58. The molecule has 4 rings (SSSR count). The van der Waals surface area contributed by atoms with Gasteiger partial charge in [0.1, 0.15) is 36.4 Å². The number of carbonyl (C=O) groups is 1. The van der Waals surface area contributed by atoms with Gasteiger partial charge in [-0.05, 0) is 116 Å². The summed E-state index contributed by atoms with van der Waals surface area (Å²) in [5, 5.41) is 12.4. The molecule has 38 heavy (non-hydrogen) atoms. The van der Waals surface area contributed by atoms with Crippen molar-refractivity contribution in [2.45, 2.75) is 13.2 Å². The molecule has 0 saturated heterocycles. The second kappa shape index (κ2) is 13.8. The molecule has 0 saturated carbocycles. The van der Waals surface area contributed by atoms with E-state index in [4.69, 9.17) is 9.47 Å². The lowest BCUT2D eigenvalue weighted by Gasteiger charge is -2.12. The SMILES string of the molecule is N#C/C(=C\c1cc(I)c(OCc2ccc(Br)cc2)c(I)c1)C(=O)Nc1ccc(OCc2ccccc2)cc1. The molecule has 0 radical (unpaired) electrons. The Morgan fingerprint density at radius 1 is 0.868 bits per heavy atom. The van der Waals surface area contributed by atoms with Crippen molar-refractivity contribution in [1.29, 1.82) is 5.26 Å².